The Balaban J connectivity index is 1.98. The van der Waals surface area contributed by atoms with E-state index in [1.807, 2.05) is 0 Å². The molecule has 1 unspecified atom stereocenters. The van der Waals surface area contributed by atoms with Gasteiger partial charge in [-0.15, -0.1) is 0 Å². The second-order valence-electron chi connectivity index (χ2n) is 5.84. The highest BCUT2D eigenvalue weighted by Crippen LogP contribution is 2.26. The number of hydrogen-bond acceptors (Lipinski definition) is 6. The van der Waals surface area contributed by atoms with Gasteiger partial charge in [-0.05, 0) is 44.0 Å². The van der Waals surface area contributed by atoms with Gasteiger partial charge < -0.3 is 15.2 Å². The number of esters is 1. The molecule has 2 N–H and O–H groups in total. The third kappa shape index (κ3) is 4.49. The van der Waals surface area contributed by atoms with Crippen LogP contribution >= 0.6 is 0 Å². The first kappa shape index (κ1) is 19.2. The van der Waals surface area contributed by atoms with Gasteiger partial charge in [0.05, 0.1) is 17.9 Å². The van der Waals surface area contributed by atoms with Crippen LogP contribution in [0, 0.1) is 5.92 Å². The summed E-state index contributed by atoms with van der Waals surface area (Å²) in [4.78, 5) is 23.1. The van der Waals surface area contributed by atoms with Crippen LogP contribution in [-0.4, -0.2) is 50.9 Å². The fraction of sp³-hybridized carbons (Fsp3) is 0.500. The van der Waals surface area contributed by atoms with Crippen LogP contribution in [0.15, 0.2) is 29.2 Å². The minimum absolute atomic E-state index is 0.177. The summed E-state index contributed by atoms with van der Waals surface area (Å²) in [6.45, 7) is 1.82. The number of rotatable bonds is 6. The van der Waals surface area contributed by atoms with Gasteiger partial charge >= 0.3 is 5.97 Å². The van der Waals surface area contributed by atoms with Crippen molar-refractivity contribution in [2.24, 2.45) is 11.7 Å². The van der Waals surface area contributed by atoms with Crippen LogP contribution in [0.2, 0.25) is 0 Å². The van der Waals surface area contributed by atoms with Crippen LogP contribution in [0.4, 0.5) is 0 Å². The first-order valence-corrected chi connectivity index (χ1v) is 9.33. The molecule has 8 nitrogen and oxygen atoms in total. The lowest BCUT2D eigenvalue weighted by atomic mass is 9.98. The van der Waals surface area contributed by atoms with E-state index < -0.39 is 33.9 Å². The van der Waals surface area contributed by atoms with E-state index in [9.17, 15) is 18.0 Å². The van der Waals surface area contributed by atoms with E-state index in [0.29, 0.717) is 18.6 Å². The zero-order valence-corrected chi connectivity index (χ0v) is 15.0. The van der Waals surface area contributed by atoms with Crippen LogP contribution in [0.3, 0.4) is 0 Å². The van der Waals surface area contributed by atoms with E-state index in [0.717, 1.165) is 0 Å². The quantitative estimate of drug-likeness (QED) is 0.730. The van der Waals surface area contributed by atoms with Gasteiger partial charge in [0.25, 0.3) is 5.91 Å². The van der Waals surface area contributed by atoms with Crippen LogP contribution in [-0.2, 0) is 24.3 Å². The molecule has 1 aliphatic heterocycles. The molecule has 1 aliphatic rings. The molecule has 9 heteroatoms. The molecule has 1 atom stereocenters. The summed E-state index contributed by atoms with van der Waals surface area (Å²) >= 11 is 0. The maximum atomic E-state index is 12.6. The average Bonchev–Trinajstić information content (AvgIpc) is 2.61. The van der Waals surface area contributed by atoms with E-state index in [1.165, 1.54) is 30.5 Å². The van der Waals surface area contributed by atoms with Gasteiger partial charge in [0.2, 0.25) is 10.0 Å². The van der Waals surface area contributed by atoms with Gasteiger partial charge in [0, 0.05) is 13.1 Å². The molecule has 1 saturated heterocycles. The number of amides is 1. The first-order chi connectivity index (χ1) is 11.8. The summed E-state index contributed by atoms with van der Waals surface area (Å²) in [5.41, 5.74) is 5.07. The number of nitrogens with two attached hydrogens (primary N) is 1. The summed E-state index contributed by atoms with van der Waals surface area (Å²) in [6.07, 6.45) is -0.326. The topological polar surface area (TPSA) is 116 Å². The zero-order chi connectivity index (χ0) is 18.6. The van der Waals surface area contributed by atoms with Crippen molar-refractivity contribution in [3.63, 3.8) is 0 Å². The molecule has 1 heterocycles. The largest absolute Gasteiger partial charge is 0.497 e. The van der Waals surface area contributed by atoms with Gasteiger partial charge in [-0.1, -0.05) is 0 Å². The highest BCUT2D eigenvalue weighted by Gasteiger charge is 2.33. The Labute approximate surface area is 146 Å². The number of benzene rings is 1. The molecule has 1 aromatic rings. The third-order valence-corrected chi connectivity index (χ3v) is 6.09. The fourth-order valence-electron chi connectivity index (χ4n) is 2.56. The molecule has 0 bridgehead atoms. The predicted molar refractivity (Wildman–Crippen MR) is 89.2 cm³/mol. The molecule has 1 aromatic carbocycles. The minimum atomic E-state index is -3.62. The Hall–Kier alpha value is -2.13. The highest BCUT2D eigenvalue weighted by atomic mass is 32.2. The zero-order valence-electron chi connectivity index (χ0n) is 14.2. The number of carbonyl (C=O) groups is 2. The lowest BCUT2D eigenvalue weighted by molar-refractivity contribution is -0.159. The van der Waals surface area contributed by atoms with E-state index >= 15 is 0 Å². The van der Waals surface area contributed by atoms with Crippen LogP contribution in [0.5, 0.6) is 5.75 Å². The molecule has 1 amide bonds. The molecule has 1 fully saturated rings. The van der Waals surface area contributed by atoms with E-state index in [-0.39, 0.29) is 18.0 Å². The lowest BCUT2D eigenvalue weighted by Gasteiger charge is -2.30. The second-order valence-corrected chi connectivity index (χ2v) is 7.77. The summed E-state index contributed by atoms with van der Waals surface area (Å²) in [7, 11) is -2.11. The molecule has 25 heavy (non-hydrogen) atoms. The van der Waals surface area contributed by atoms with E-state index in [1.54, 1.807) is 12.1 Å². The van der Waals surface area contributed by atoms with Crippen LogP contribution < -0.4 is 10.5 Å². The molecule has 0 radical (unpaired) electrons. The molecule has 0 saturated carbocycles. The molecule has 0 spiro atoms. The lowest BCUT2D eigenvalue weighted by Crippen LogP contribution is -2.41. The van der Waals surface area contributed by atoms with Crippen molar-refractivity contribution in [2.75, 3.05) is 20.2 Å². The Kier molecular flexibility index (Phi) is 6.02. The molecule has 0 aromatic heterocycles. The normalized spacial score (nSPS) is 17.7. The van der Waals surface area contributed by atoms with Gasteiger partial charge in [-0.25, -0.2) is 8.42 Å². The number of carbonyl (C=O) groups excluding carboxylic acids is 2. The number of sulfonamides is 1. The molecule has 138 valence electrons. The van der Waals surface area contributed by atoms with Crippen molar-refractivity contribution in [2.45, 2.75) is 30.8 Å². The van der Waals surface area contributed by atoms with E-state index in [2.05, 4.69) is 0 Å². The predicted octanol–water partition coefficient (Wildman–Crippen LogP) is 0.513. The number of nitrogens with zero attached hydrogens (tertiary/aromatic N) is 1. The Morgan fingerprint density at radius 2 is 1.76 bits per heavy atom. The molecular formula is C16H22N2O6S. The van der Waals surface area contributed by atoms with Crippen molar-refractivity contribution in [3.8, 4) is 5.75 Å². The maximum absolute atomic E-state index is 12.6. The Morgan fingerprint density at radius 3 is 2.24 bits per heavy atom. The summed E-state index contributed by atoms with van der Waals surface area (Å²) in [5, 5.41) is 0. The Morgan fingerprint density at radius 1 is 1.20 bits per heavy atom. The monoisotopic (exact) mass is 370 g/mol. The van der Waals surface area contributed by atoms with Crippen molar-refractivity contribution in [1.29, 1.82) is 0 Å². The highest BCUT2D eigenvalue weighted by molar-refractivity contribution is 7.89. The molecule has 2 rings (SSSR count). The number of primary amides is 1. The number of methoxy groups -OCH3 is 1. The summed E-state index contributed by atoms with van der Waals surface area (Å²) < 4.78 is 36.6. The first-order valence-electron chi connectivity index (χ1n) is 7.89. The van der Waals surface area contributed by atoms with Crippen LogP contribution in [0.25, 0.3) is 0 Å². The maximum Gasteiger partial charge on any atom is 0.309 e. The van der Waals surface area contributed by atoms with Crippen molar-refractivity contribution in [1.82, 2.24) is 4.31 Å². The fourth-order valence-corrected chi connectivity index (χ4v) is 4.03. The third-order valence-electron chi connectivity index (χ3n) is 4.18. The van der Waals surface area contributed by atoms with Gasteiger partial charge in [-0.2, -0.15) is 4.31 Å². The van der Waals surface area contributed by atoms with E-state index in [4.69, 9.17) is 15.2 Å². The smallest absolute Gasteiger partial charge is 0.309 e. The van der Waals surface area contributed by atoms with Gasteiger partial charge in [-0.3, -0.25) is 9.59 Å². The van der Waals surface area contributed by atoms with Crippen LogP contribution in [0.1, 0.15) is 19.8 Å². The summed E-state index contributed by atoms with van der Waals surface area (Å²) in [6, 6.07) is 6.15. The number of piperidine rings is 1. The summed E-state index contributed by atoms with van der Waals surface area (Å²) in [5.74, 6) is -1.10. The van der Waals surface area contributed by atoms with Crippen molar-refractivity contribution < 1.29 is 27.5 Å². The SMILES string of the molecule is COc1ccc(S(=O)(=O)N2CCC(C(=O)OC(C)C(N)=O)CC2)cc1. The van der Waals surface area contributed by atoms with Gasteiger partial charge in [0.1, 0.15) is 5.75 Å². The molecular weight excluding hydrogens is 348 g/mol. The minimum Gasteiger partial charge on any atom is -0.497 e. The van der Waals surface area contributed by atoms with Crippen molar-refractivity contribution in [3.05, 3.63) is 24.3 Å². The molecule has 0 aliphatic carbocycles. The Bertz CT molecular complexity index is 723. The standard InChI is InChI=1S/C16H22N2O6S/c1-11(15(17)19)24-16(20)12-7-9-18(10-8-12)25(21,22)14-5-3-13(23-2)4-6-14/h3-6,11-12H,7-10H2,1-2H3,(H2,17,19). The number of ether oxygens (including phenoxy) is 2. The van der Waals surface area contributed by atoms with Crippen molar-refractivity contribution >= 4 is 21.9 Å². The number of hydrogen-bond donors (Lipinski definition) is 1. The second kappa shape index (κ2) is 7.83. The van der Waals surface area contributed by atoms with Gasteiger partial charge in [0.15, 0.2) is 6.10 Å². The average molecular weight is 370 g/mol.